The lowest BCUT2D eigenvalue weighted by Crippen LogP contribution is -2.07. The van der Waals surface area contributed by atoms with Gasteiger partial charge in [0, 0.05) is 11.4 Å². The van der Waals surface area contributed by atoms with Gasteiger partial charge in [-0.05, 0) is 40.5 Å². The fourth-order valence-corrected chi connectivity index (χ4v) is 1.44. The van der Waals surface area contributed by atoms with Crippen LogP contribution in [0.25, 0.3) is 0 Å². The van der Waals surface area contributed by atoms with Gasteiger partial charge >= 0.3 is 0 Å². The molecule has 0 aliphatic rings. The monoisotopic (exact) mass is 252 g/mol. The van der Waals surface area contributed by atoms with E-state index in [9.17, 15) is 4.79 Å². The minimum absolute atomic E-state index is 0.153. The maximum atomic E-state index is 10.9. The Morgan fingerprint density at radius 3 is 2.71 bits per heavy atom. The molecule has 1 amide bonds. The molecule has 14 heavy (non-hydrogen) atoms. The van der Waals surface area contributed by atoms with Gasteiger partial charge in [0.15, 0.2) is 0 Å². The van der Waals surface area contributed by atoms with E-state index >= 15 is 0 Å². The Morgan fingerprint density at radius 2 is 2.21 bits per heavy atom. The Labute approximate surface area is 90.9 Å². The molecule has 1 aromatic carbocycles. The van der Waals surface area contributed by atoms with Gasteiger partial charge < -0.3 is 5.32 Å². The summed E-state index contributed by atoms with van der Waals surface area (Å²) in [5.41, 5.74) is 2.09. The third kappa shape index (κ3) is 2.33. The summed E-state index contributed by atoms with van der Waals surface area (Å²) >= 11 is 3.35. The van der Waals surface area contributed by atoms with Gasteiger partial charge in [-0.2, -0.15) is 5.26 Å². The van der Waals surface area contributed by atoms with Crippen molar-refractivity contribution in [3.8, 4) is 6.07 Å². The van der Waals surface area contributed by atoms with Gasteiger partial charge in [0.2, 0.25) is 5.91 Å². The lowest BCUT2D eigenvalue weighted by atomic mass is 10.1. The summed E-state index contributed by atoms with van der Waals surface area (Å²) in [6.45, 7) is 3.30. The second-order valence-corrected chi connectivity index (χ2v) is 3.74. The third-order valence-electron chi connectivity index (χ3n) is 1.69. The topological polar surface area (TPSA) is 52.9 Å². The van der Waals surface area contributed by atoms with E-state index in [4.69, 9.17) is 5.26 Å². The molecule has 0 radical (unpaired) electrons. The zero-order chi connectivity index (χ0) is 10.7. The number of carbonyl (C=O) groups is 1. The average molecular weight is 253 g/mol. The molecule has 0 saturated heterocycles. The predicted molar refractivity (Wildman–Crippen MR) is 57.9 cm³/mol. The van der Waals surface area contributed by atoms with Gasteiger partial charge in [0.05, 0.1) is 17.3 Å². The highest BCUT2D eigenvalue weighted by Gasteiger charge is 2.06. The standard InChI is InChI=1S/C10H9BrN2O/c1-6-3-8(5-12)4-9(10(6)11)13-7(2)14/h3-4H,1-2H3,(H,13,14). The lowest BCUT2D eigenvalue weighted by Gasteiger charge is -2.07. The molecule has 0 heterocycles. The van der Waals surface area contributed by atoms with Crippen molar-refractivity contribution in [3.05, 3.63) is 27.7 Å². The van der Waals surface area contributed by atoms with E-state index in [0.717, 1.165) is 10.0 Å². The Balaban J connectivity index is 3.21. The molecule has 0 unspecified atom stereocenters. The van der Waals surface area contributed by atoms with Crippen molar-refractivity contribution in [3.63, 3.8) is 0 Å². The minimum Gasteiger partial charge on any atom is -0.325 e. The number of nitrogens with zero attached hydrogens (tertiary/aromatic N) is 1. The number of nitrogens with one attached hydrogen (secondary N) is 1. The summed E-state index contributed by atoms with van der Waals surface area (Å²) in [5, 5.41) is 11.4. The molecule has 0 aromatic heterocycles. The molecule has 1 N–H and O–H groups in total. The van der Waals surface area contributed by atoms with Crippen molar-refractivity contribution in [1.29, 1.82) is 5.26 Å². The molecule has 0 bridgehead atoms. The van der Waals surface area contributed by atoms with Crippen LogP contribution in [0.5, 0.6) is 0 Å². The van der Waals surface area contributed by atoms with Crippen LogP contribution in [0.1, 0.15) is 18.1 Å². The Hall–Kier alpha value is -1.34. The van der Waals surface area contributed by atoms with Gasteiger partial charge in [-0.15, -0.1) is 0 Å². The van der Waals surface area contributed by atoms with E-state index in [2.05, 4.69) is 21.2 Å². The lowest BCUT2D eigenvalue weighted by molar-refractivity contribution is -0.114. The van der Waals surface area contributed by atoms with Gasteiger partial charge in [-0.1, -0.05) is 0 Å². The average Bonchev–Trinajstić information content (AvgIpc) is 2.11. The fraction of sp³-hybridized carbons (Fsp3) is 0.200. The number of anilines is 1. The first kappa shape index (κ1) is 10.7. The molecule has 0 spiro atoms. The highest BCUT2D eigenvalue weighted by atomic mass is 79.9. The molecule has 4 heteroatoms. The van der Waals surface area contributed by atoms with Crippen molar-refractivity contribution in [2.24, 2.45) is 0 Å². The third-order valence-corrected chi connectivity index (χ3v) is 2.75. The molecule has 1 aromatic rings. The first-order valence-electron chi connectivity index (χ1n) is 4.02. The van der Waals surface area contributed by atoms with Crippen LogP contribution >= 0.6 is 15.9 Å². The van der Waals surface area contributed by atoms with Crippen LogP contribution in [0.2, 0.25) is 0 Å². The van der Waals surface area contributed by atoms with Crippen LogP contribution in [0, 0.1) is 18.3 Å². The van der Waals surface area contributed by atoms with Crippen LogP contribution in [-0.4, -0.2) is 5.91 Å². The van der Waals surface area contributed by atoms with Gasteiger partial charge in [0.25, 0.3) is 0 Å². The van der Waals surface area contributed by atoms with E-state index in [0.29, 0.717) is 11.3 Å². The second kappa shape index (κ2) is 4.25. The van der Waals surface area contributed by atoms with Gasteiger partial charge in [-0.3, -0.25) is 4.79 Å². The molecule has 1 rings (SSSR count). The van der Waals surface area contributed by atoms with E-state index in [1.54, 1.807) is 12.1 Å². The zero-order valence-electron chi connectivity index (χ0n) is 7.89. The zero-order valence-corrected chi connectivity index (χ0v) is 9.47. The SMILES string of the molecule is CC(=O)Nc1cc(C#N)cc(C)c1Br. The van der Waals surface area contributed by atoms with Crippen LogP contribution in [0.4, 0.5) is 5.69 Å². The largest absolute Gasteiger partial charge is 0.325 e. The fourth-order valence-electron chi connectivity index (χ4n) is 1.11. The number of nitriles is 1. The summed E-state index contributed by atoms with van der Waals surface area (Å²) in [6, 6.07) is 5.43. The minimum atomic E-state index is -0.153. The first-order chi connectivity index (χ1) is 6.54. The molecule has 0 aliphatic heterocycles. The van der Waals surface area contributed by atoms with Gasteiger partial charge in [-0.25, -0.2) is 0 Å². The van der Waals surface area contributed by atoms with Crippen LogP contribution in [0.15, 0.2) is 16.6 Å². The number of rotatable bonds is 1. The number of halogens is 1. The van der Waals surface area contributed by atoms with E-state index < -0.39 is 0 Å². The summed E-state index contributed by atoms with van der Waals surface area (Å²) in [5.74, 6) is -0.153. The molecule has 72 valence electrons. The first-order valence-corrected chi connectivity index (χ1v) is 4.81. The molecular formula is C10H9BrN2O. The van der Waals surface area contributed by atoms with Crippen LogP contribution in [0.3, 0.4) is 0 Å². The summed E-state index contributed by atoms with van der Waals surface area (Å²) < 4.78 is 0.812. The Bertz CT molecular complexity index is 421. The smallest absolute Gasteiger partial charge is 0.221 e. The van der Waals surface area contributed by atoms with Crippen molar-refractivity contribution in [2.45, 2.75) is 13.8 Å². The number of aryl methyl sites for hydroxylation is 1. The van der Waals surface area contributed by atoms with Crippen LogP contribution in [-0.2, 0) is 4.79 Å². The van der Waals surface area contributed by atoms with E-state index in [1.165, 1.54) is 6.92 Å². The van der Waals surface area contributed by atoms with Crippen molar-refractivity contribution >= 4 is 27.5 Å². The van der Waals surface area contributed by atoms with Crippen molar-refractivity contribution in [2.75, 3.05) is 5.32 Å². The molecule has 0 fully saturated rings. The Morgan fingerprint density at radius 1 is 1.57 bits per heavy atom. The highest BCUT2D eigenvalue weighted by Crippen LogP contribution is 2.27. The Kier molecular flexibility index (Phi) is 3.26. The quantitative estimate of drug-likeness (QED) is 0.836. The number of hydrogen-bond acceptors (Lipinski definition) is 2. The second-order valence-electron chi connectivity index (χ2n) is 2.95. The maximum absolute atomic E-state index is 10.9. The number of hydrogen-bond donors (Lipinski definition) is 1. The number of carbonyl (C=O) groups excluding carboxylic acids is 1. The van der Waals surface area contributed by atoms with E-state index in [1.807, 2.05) is 13.0 Å². The van der Waals surface area contributed by atoms with E-state index in [-0.39, 0.29) is 5.91 Å². The van der Waals surface area contributed by atoms with Crippen LogP contribution < -0.4 is 5.32 Å². The summed E-state index contributed by atoms with van der Waals surface area (Å²) in [6.07, 6.45) is 0. The van der Waals surface area contributed by atoms with Gasteiger partial charge in [0.1, 0.15) is 0 Å². The number of benzene rings is 1. The normalized spacial score (nSPS) is 9.29. The molecule has 3 nitrogen and oxygen atoms in total. The molecule has 0 atom stereocenters. The summed E-state index contributed by atoms with van der Waals surface area (Å²) in [4.78, 5) is 10.9. The summed E-state index contributed by atoms with van der Waals surface area (Å²) in [7, 11) is 0. The maximum Gasteiger partial charge on any atom is 0.221 e. The molecule has 0 aliphatic carbocycles. The molecular weight excluding hydrogens is 244 g/mol. The van der Waals surface area contributed by atoms with Crippen molar-refractivity contribution in [1.82, 2.24) is 0 Å². The highest BCUT2D eigenvalue weighted by molar-refractivity contribution is 9.10. The predicted octanol–water partition coefficient (Wildman–Crippen LogP) is 2.59. The molecule has 0 saturated carbocycles. The number of amides is 1. The van der Waals surface area contributed by atoms with Crippen molar-refractivity contribution < 1.29 is 4.79 Å².